The summed E-state index contributed by atoms with van der Waals surface area (Å²) >= 11 is 0.706. The quantitative estimate of drug-likeness (QED) is 0.545. The van der Waals surface area contributed by atoms with E-state index in [2.05, 4.69) is 13.8 Å². The van der Waals surface area contributed by atoms with Gasteiger partial charge in [0.1, 0.15) is 0 Å². The van der Waals surface area contributed by atoms with Crippen LogP contribution in [0, 0.1) is 5.92 Å². The largest absolute Gasteiger partial charge is 0.458 e. The third-order valence-corrected chi connectivity index (χ3v) is 1.88. The number of hydrogen-bond acceptors (Lipinski definition) is 1. The first-order valence-corrected chi connectivity index (χ1v) is 4.47. The molecule has 0 rings (SSSR count). The molecule has 0 aliphatic carbocycles. The fourth-order valence-corrected chi connectivity index (χ4v) is 1.39. The molecule has 1 nitrogen and oxygen atoms in total. The van der Waals surface area contributed by atoms with Crippen LogP contribution in [0.25, 0.3) is 0 Å². The monoisotopic (exact) mass is 147 g/mol. The number of rotatable bonds is 5. The van der Waals surface area contributed by atoms with Crippen LogP contribution >= 0.6 is 0 Å². The van der Waals surface area contributed by atoms with E-state index in [4.69, 9.17) is 0 Å². The minimum atomic E-state index is 0.706. The fourth-order valence-electron chi connectivity index (χ4n) is 0.886. The van der Waals surface area contributed by atoms with E-state index in [1.165, 1.54) is 12.8 Å². The normalized spacial score (nSPS) is 13.1. The maximum absolute atomic E-state index is 9.96. The fraction of sp³-hybridized carbons (Fsp3) is 1.00. The highest BCUT2D eigenvalue weighted by Gasteiger charge is 2.04. The molecular weight excluding hydrogens is 132 g/mol. The zero-order valence-electron chi connectivity index (χ0n) is 6.22. The van der Waals surface area contributed by atoms with E-state index in [1.54, 1.807) is 0 Å². The van der Waals surface area contributed by atoms with Gasteiger partial charge in [-0.2, -0.15) is 0 Å². The lowest BCUT2D eigenvalue weighted by Crippen LogP contribution is -1.96. The Labute approximate surface area is 61.3 Å². The Morgan fingerprint density at radius 1 is 1.44 bits per heavy atom. The van der Waals surface area contributed by atoms with E-state index >= 15 is 0 Å². The Morgan fingerprint density at radius 3 is 2.56 bits per heavy atom. The molecule has 0 amide bonds. The van der Waals surface area contributed by atoms with E-state index in [0.29, 0.717) is 11.7 Å². The Hall–Kier alpha value is 0.0200. The van der Waals surface area contributed by atoms with Crippen molar-refractivity contribution in [3.8, 4) is 0 Å². The molecule has 0 aliphatic rings. The topological polar surface area (TPSA) is 17.1 Å². The minimum Gasteiger partial charge on any atom is -0.0654 e. The van der Waals surface area contributed by atoms with Crippen molar-refractivity contribution in [2.75, 3.05) is 5.75 Å². The summed E-state index contributed by atoms with van der Waals surface area (Å²) in [6.45, 7) is 4.39. The summed E-state index contributed by atoms with van der Waals surface area (Å²) in [6.07, 6.45) is 3.59. The van der Waals surface area contributed by atoms with Crippen molar-refractivity contribution >= 4 is 11.7 Å². The van der Waals surface area contributed by atoms with Crippen LogP contribution in [0.4, 0.5) is 0 Å². The highest BCUT2D eigenvalue weighted by Crippen LogP contribution is 2.08. The second-order valence-corrected chi connectivity index (χ2v) is 3.15. The molecular formula is C7H15OS+. The van der Waals surface area contributed by atoms with E-state index < -0.39 is 0 Å². The predicted octanol–water partition coefficient (Wildman–Crippen LogP) is 2.24. The molecule has 1 atom stereocenters. The van der Waals surface area contributed by atoms with Crippen molar-refractivity contribution in [1.82, 2.24) is 0 Å². The SMILES string of the molecule is CCCC(C)CC[S+]=O. The summed E-state index contributed by atoms with van der Waals surface area (Å²) in [5.74, 6) is 1.53. The Morgan fingerprint density at radius 2 is 2.11 bits per heavy atom. The zero-order chi connectivity index (χ0) is 7.11. The van der Waals surface area contributed by atoms with Gasteiger partial charge in [-0.1, -0.05) is 26.7 Å². The van der Waals surface area contributed by atoms with Crippen LogP contribution in [0.15, 0.2) is 0 Å². The van der Waals surface area contributed by atoms with Crippen LogP contribution < -0.4 is 0 Å². The lowest BCUT2D eigenvalue weighted by atomic mass is 10.0. The Bertz CT molecular complexity index is 73.3. The van der Waals surface area contributed by atoms with Crippen molar-refractivity contribution in [1.29, 1.82) is 0 Å². The summed E-state index contributed by atoms with van der Waals surface area (Å²) in [4.78, 5) is 0. The first-order valence-electron chi connectivity index (χ1n) is 3.56. The van der Waals surface area contributed by atoms with E-state index in [0.717, 1.165) is 18.1 Å². The summed E-state index contributed by atoms with van der Waals surface area (Å²) in [5, 5.41) is 0. The molecule has 0 aliphatic heterocycles. The highest BCUT2D eigenvalue weighted by molar-refractivity contribution is 7.65. The maximum Gasteiger partial charge on any atom is 0.458 e. The average Bonchev–Trinajstić information content (AvgIpc) is 1.85. The van der Waals surface area contributed by atoms with Gasteiger partial charge in [0.25, 0.3) is 0 Å². The van der Waals surface area contributed by atoms with Crippen LogP contribution in [0.1, 0.15) is 33.1 Å². The van der Waals surface area contributed by atoms with Crippen LogP contribution in [-0.2, 0) is 15.9 Å². The summed E-state index contributed by atoms with van der Waals surface area (Å²) in [5.41, 5.74) is 0. The summed E-state index contributed by atoms with van der Waals surface area (Å²) in [7, 11) is 0. The van der Waals surface area contributed by atoms with Crippen LogP contribution in [0.5, 0.6) is 0 Å². The van der Waals surface area contributed by atoms with Gasteiger partial charge < -0.3 is 0 Å². The van der Waals surface area contributed by atoms with Gasteiger partial charge in [0.05, 0.1) is 0 Å². The first-order chi connectivity index (χ1) is 4.31. The molecule has 0 saturated heterocycles. The molecule has 2 heteroatoms. The number of hydrogen-bond donors (Lipinski definition) is 0. The maximum atomic E-state index is 9.96. The van der Waals surface area contributed by atoms with E-state index in [1.807, 2.05) is 0 Å². The lowest BCUT2D eigenvalue weighted by Gasteiger charge is -2.02. The van der Waals surface area contributed by atoms with Gasteiger partial charge in [0.15, 0.2) is 0 Å². The van der Waals surface area contributed by atoms with Gasteiger partial charge in [-0.15, -0.1) is 0 Å². The lowest BCUT2D eigenvalue weighted by molar-refractivity contribution is 0.509. The summed E-state index contributed by atoms with van der Waals surface area (Å²) < 4.78 is 9.96. The van der Waals surface area contributed by atoms with Gasteiger partial charge in [-0.05, 0) is 5.92 Å². The van der Waals surface area contributed by atoms with Gasteiger partial charge in [-0.3, -0.25) is 0 Å². The van der Waals surface area contributed by atoms with Crippen LogP contribution in [0.2, 0.25) is 0 Å². The summed E-state index contributed by atoms with van der Waals surface area (Å²) in [6, 6.07) is 0. The predicted molar refractivity (Wildman–Crippen MR) is 41.6 cm³/mol. The molecule has 0 spiro atoms. The standard InChI is InChI=1S/C7H15OS/c1-3-4-7(2)5-6-9-8/h7H,3-6H2,1-2H3/q+1. The molecule has 0 N–H and O–H groups in total. The van der Waals surface area contributed by atoms with Crippen LogP contribution in [0.3, 0.4) is 0 Å². The molecule has 9 heavy (non-hydrogen) atoms. The third-order valence-electron chi connectivity index (χ3n) is 1.48. The van der Waals surface area contributed by atoms with Crippen LogP contribution in [-0.4, -0.2) is 5.75 Å². The second kappa shape index (κ2) is 6.14. The molecule has 0 fully saturated rings. The third kappa shape index (κ3) is 5.90. The van der Waals surface area contributed by atoms with Crippen molar-refractivity contribution < 1.29 is 4.21 Å². The van der Waals surface area contributed by atoms with Crippen molar-refractivity contribution in [3.05, 3.63) is 0 Å². The molecule has 0 aromatic heterocycles. The Balaban J connectivity index is 3.04. The molecule has 1 unspecified atom stereocenters. The van der Waals surface area contributed by atoms with E-state index in [9.17, 15) is 4.21 Å². The molecule has 0 aromatic rings. The molecule has 0 aromatic carbocycles. The van der Waals surface area contributed by atoms with Crippen molar-refractivity contribution in [2.45, 2.75) is 33.1 Å². The second-order valence-electron chi connectivity index (χ2n) is 2.50. The van der Waals surface area contributed by atoms with Gasteiger partial charge in [-0.25, -0.2) is 0 Å². The zero-order valence-corrected chi connectivity index (χ0v) is 7.04. The average molecular weight is 147 g/mol. The molecule has 0 heterocycles. The first kappa shape index (κ1) is 9.02. The highest BCUT2D eigenvalue weighted by atomic mass is 32.1. The van der Waals surface area contributed by atoms with Crippen molar-refractivity contribution in [3.63, 3.8) is 0 Å². The molecule has 0 bridgehead atoms. The van der Waals surface area contributed by atoms with Crippen molar-refractivity contribution in [2.24, 2.45) is 5.92 Å². The molecule has 54 valence electrons. The van der Waals surface area contributed by atoms with Gasteiger partial charge in [0.2, 0.25) is 5.75 Å². The van der Waals surface area contributed by atoms with E-state index in [-0.39, 0.29) is 0 Å². The Kier molecular flexibility index (Phi) is 6.16. The minimum absolute atomic E-state index is 0.706. The van der Waals surface area contributed by atoms with Gasteiger partial charge in [0, 0.05) is 10.6 Å². The smallest absolute Gasteiger partial charge is 0.0654 e. The molecule has 0 radical (unpaired) electrons. The molecule has 0 saturated carbocycles. The van der Waals surface area contributed by atoms with Gasteiger partial charge >= 0.3 is 11.7 Å².